The van der Waals surface area contributed by atoms with Crippen molar-refractivity contribution < 1.29 is 37.3 Å². The number of Topliss-reactive ketones (excluding diaryl/α,β-unsaturated/α-hetero) is 1. The van der Waals surface area contributed by atoms with E-state index in [0.717, 1.165) is 43.2 Å². The fraction of sp³-hybridized carbons (Fsp3) is 0.310. The summed E-state index contributed by atoms with van der Waals surface area (Å²) in [6, 6.07) is 30.8. The maximum Gasteiger partial charge on any atom is 0.313 e. The van der Waals surface area contributed by atoms with Gasteiger partial charge in [0.05, 0.1) is 12.5 Å². The van der Waals surface area contributed by atoms with Gasteiger partial charge in [-0.2, -0.15) is 0 Å². The van der Waals surface area contributed by atoms with E-state index in [1.54, 1.807) is 72.8 Å². The lowest BCUT2D eigenvalue weighted by atomic mass is 9.84. The van der Waals surface area contributed by atoms with Gasteiger partial charge in [0.25, 0.3) is 7.37 Å². The molecule has 1 fully saturated rings. The number of ketones is 1. The van der Waals surface area contributed by atoms with Gasteiger partial charge in [0, 0.05) is 22.6 Å². The minimum absolute atomic E-state index is 0.0559. The van der Waals surface area contributed by atoms with Gasteiger partial charge in [0.15, 0.2) is 5.78 Å². The van der Waals surface area contributed by atoms with Crippen LogP contribution in [0.2, 0.25) is 0 Å². The van der Waals surface area contributed by atoms with Gasteiger partial charge in [-0.3, -0.25) is 33.3 Å². The maximum absolute atomic E-state index is 14.4. The first-order chi connectivity index (χ1) is 27.0. The number of rotatable bonds is 17. The summed E-state index contributed by atoms with van der Waals surface area (Å²) in [7, 11) is -5.58. The third-order valence-corrected chi connectivity index (χ3v) is 12.5. The first-order valence-electron chi connectivity index (χ1n) is 18.6. The monoisotopic (exact) mass is 798 g/mol. The Kier molecular flexibility index (Phi) is 15.4. The third-order valence-electron chi connectivity index (χ3n) is 9.56. The summed E-state index contributed by atoms with van der Waals surface area (Å²) in [5.41, 5.74) is 2.24. The number of carbonyl (C=O) groups excluding carboxylic acids is 5. The second-order valence-electron chi connectivity index (χ2n) is 13.7. The molecule has 3 atom stereocenters. The molecular weight excluding hydrogens is 752 g/mol. The summed E-state index contributed by atoms with van der Waals surface area (Å²) in [4.78, 5) is 67.5. The molecule has 0 aliphatic heterocycles. The molecule has 0 spiro atoms. The molecule has 0 bridgehead atoms. The number of hydrogen-bond donors (Lipinski definition) is 4. The number of para-hydroxylation sites is 1. The minimum atomic E-state index is -3.82. The lowest BCUT2D eigenvalue weighted by Crippen LogP contribution is -2.55. The van der Waals surface area contributed by atoms with Crippen molar-refractivity contribution in [2.45, 2.75) is 63.5 Å². The average Bonchev–Trinajstić information content (AvgIpc) is 3.21. The molecule has 294 valence electrons. The summed E-state index contributed by atoms with van der Waals surface area (Å²) >= 11 is 0. The molecule has 5 rings (SSSR count). The molecule has 56 heavy (non-hydrogen) atoms. The number of hydrogen-bond acceptors (Lipinski definition) is 8. The topological polar surface area (TPSA) is 177 Å². The van der Waals surface area contributed by atoms with Crippen molar-refractivity contribution >= 4 is 64.1 Å². The number of anilines is 1. The molecular formula is C42H47N4O8PS. The number of nitrogens with one attached hydrogen (secondary N) is 4. The van der Waals surface area contributed by atoms with E-state index >= 15 is 0 Å². The molecule has 4 N–H and O–H groups in total. The molecule has 0 radical (unpaired) electrons. The minimum Gasteiger partial charge on any atom is -0.344 e. The van der Waals surface area contributed by atoms with Crippen molar-refractivity contribution in [3.05, 3.63) is 126 Å². The Morgan fingerprint density at radius 2 is 1.30 bits per heavy atom. The van der Waals surface area contributed by atoms with Crippen LogP contribution in [0.1, 0.15) is 56.1 Å². The van der Waals surface area contributed by atoms with Crippen LogP contribution in [0.3, 0.4) is 0 Å². The van der Waals surface area contributed by atoms with Gasteiger partial charge in [-0.25, -0.2) is 4.21 Å². The zero-order valence-electron chi connectivity index (χ0n) is 31.2. The highest BCUT2D eigenvalue weighted by Gasteiger charge is 2.35. The molecule has 12 nitrogen and oxygen atoms in total. The first kappa shape index (κ1) is 41.9. The summed E-state index contributed by atoms with van der Waals surface area (Å²) < 4.78 is 34.4. The molecule has 4 aromatic rings. The van der Waals surface area contributed by atoms with E-state index in [-0.39, 0.29) is 12.3 Å². The highest BCUT2D eigenvalue weighted by molar-refractivity contribution is 7.82. The predicted octanol–water partition coefficient (Wildman–Crippen LogP) is 4.47. The van der Waals surface area contributed by atoms with Crippen molar-refractivity contribution in [2.24, 2.45) is 5.92 Å². The van der Waals surface area contributed by atoms with E-state index in [4.69, 9.17) is 4.52 Å². The zero-order chi connectivity index (χ0) is 39.9. The third kappa shape index (κ3) is 12.1. The molecule has 14 heteroatoms. The van der Waals surface area contributed by atoms with Gasteiger partial charge in [-0.1, -0.05) is 117 Å². The van der Waals surface area contributed by atoms with Gasteiger partial charge in [-0.05, 0) is 60.2 Å². The van der Waals surface area contributed by atoms with Gasteiger partial charge >= 0.3 is 11.8 Å². The zero-order valence-corrected chi connectivity index (χ0v) is 32.9. The van der Waals surface area contributed by atoms with Crippen molar-refractivity contribution in [2.75, 3.05) is 18.2 Å². The number of carbonyl (C=O) groups is 5. The second kappa shape index (κ2) is 20.6. The van der Waals surface area contributed by atoms with E-state index in [9.17, 15) is 32.7 Å². The molecule has 0 aromatic heterocycles. The van der Waals surface area contributed by atoms with E-state index in [2.05, 4.69) is 20.7 Å². The van der Waals surface area contributed by atoms with Crippen LogP contribution in [0.15, 0.2) is 115 Å². The predicted molar refractivity (Wildman–Crippen MR) is 217 cm³/mol. The number of benzene rings is 4. The summed E-state index contributed by atoms with van der Waals surface area (Å²) in [5, 5.41) is 8.54. The Balaban J connectivity index is 1.34. The quantitative estimate of drug-likeness (QED) is 0.0894. The Morgan fingerprint density at radius 1 is 0.732 bits per heavy atom. The average molecular weight is 799 g/mol. The molecule has 3 unspecified atom stereocenters. The highest BCUT2D eigenvalue weighted by Crippen LogP contribution is 2.44. The van der Waals surface area contributed by atoms with E-state index in [0.29, 0.717) is 22.7 Å². The summed E-state index contributed by atoms with van der Waals surface area (Å²) in [6.07, 6.45) is 5.89. The van der Waals surface area contributed by atoms with Crippen molar-refractivity contribution in [3.63, 3.8) is 0 Å². The molecule has 0 heterocycles. The highest BCUT2D eigenvalue weighted by atomic mass is 32.2. The van der Waals surface area contributed by atoms with E-state index < -0.39 is 72.9 Å². The second-order valence-corrected chi connectivity index (χ2v) is 17.3. The fourth-order valence-electron chi connectivity index (χ4n) is 6.71. The first-order valence-corrected chi connectivity index (χ1v) is 21.8. The van der Waals surface area contributed by atoms with Gasteiger partial charge in [0.2, 0.25) is 11.8 Å². The number of amides is 4. The van der Waals surface area contributed by atoms with Crippen LogP contribution in [0.25, 0.3) is 0 Å². The van der Waals surface area contributed by atoms with Crippen LogP contribution in [0.4, 0.5) is 5.69 Å². The summed E-state index contributed by atoms with van der Waals surface area (Å²) in [5.74, 6) is -4.33. The lowest BCUT2D eigenvalue weighted by Gasteiger charge is -2.28. The molecule has 1 aliphatic rings. The lowest BCUT2D eigenvalue weighted by molar-refractivity contribution is -0.138. The van der Waals surface area contributed by atoms with Gasteiger partial charge in [-0.15, -0.1) is 0 Å². The fourth-order valence-corrected chi connectivity index (χ4v) is 9.15. The van der Waals surface area contributed by atoms with Crippen molar-refractivity contribution in [1.82, 2.24) is 15.4 Å². The van der Waals surface area contributed by atoms with Crippen LogP contribution in [-0.4, -0.2) is 58.6 Å². The molecule has 1 saturated carbocycles. The molecule has 4 aromatic carbocycles. The molecule has 4 amide bonds. The standard InChI is InChI=1S/C42H47N4O8PS/c1-56(53)46-39(48)28-36(38(47)29-54-55(52,33-21-10-4-11-22-33)34-23-12-5-13-24-34)44-40(49)37(27-31-18-8-3-9-19-31)45-42(51)41(50)43-35-25-15-14-20-32(35)26-30-16-6-2-7-17-30/h2,4-7,10-17,20-25,31,36-37H,3,8-9,18-19,26-29H2,1H3,(H,43,50)(H,44,49)(H,45,51)(H,46,48). The maximum atomic E-state index is 14.4. The van der Waals surface area contributed by atoms with Crippen LogP contribution < -0.4 is 31.3 Å². The Bertz CT molecular complexity index is 2000. The van der Waals surface area contributed by atoms with Crippen molar-refractivity contribution in [3.8, 4) is 0 Å². The SMILES string of the molecule is CS(=O)NC(=O)CC(NC(=O)C(CC1CCCCC1)NC(=O)C(=O)Nc1ccccc1Cc1ccccc1)C(=O)COP(=O)(c1ccccc1)c1ccccc1. The Morgan fingerprint density at radius 3 is 1.91 bits per heavy atom. The molecule has 1 aliphatic carbocycles. The van der Waals surface area contributed by atoms with Crippen LogP contribution in [0.5, 0.6) is 0 Å². The normalized spacial score (nSPS) is 14.7. The van der Waals surface area contributed by atoms with Crippen LogP contribution in [-0.2, 0) is 50.5 Å². The van der Waals surface area contributed by atoms with E-state index in [1.165, 1.54) is 6.26 Å². The Labute approximate surface area is 329 Å². The van der Waals surface area contributed by atoms with E-state index in [1.807, 2.05) is 42.5 Å². The van der Waals surface area contributed by atoms with Crippen molar-refractivity contribution in [1.29, 1.82) is 0 Å². The van der Waals surface area contributed by atoms with Gasteiger partial charge < -0.3 is 20.5 Å². The largest absolute Gasteiger partial charge is 0.344 e. The Hall–Kier alpha value is -5.23. The molecule has 0 saturated heterocycles. The van der Waals surface area contributed by atoms with Crippen LogP contribution >= 0.6 is 7.37 Å². The smallest absolute Gasteiger partial charge is 0.313 e. The van der Waals surface area contributed by atoms with Gasteiger partial charge in [0.1, 0.15) is 23.6 Å². The summed E-state index contributed by atoms with van der Waals surface area (Å²) in [6.45, 7) is -0.751. The van der Waals surface area contributed by atoms with Crippen LogP contribution in [0, 0.1) is 5.92 Å².